The molecule has 2 fully saturated rings. The smallest absolute Gasteiger partial charge is 0.262 e. The second-order valence-corrected chi connectivity index (χ2v) is 14.2. The molecule has 10 nitrogen and oxygen atoms in total. The van der Waals surface area contributed by atoms with Gasteiger partial charge in [-0.25, -0.2) is 0 Å². The lowest BCUT2D eigenvalue weighted by atomic mass is 9.62. The van der Waals surface area contributed by atoms with Crippen molar-refractivity contribution in [2.75, 3.05) is 43.1 Å². The fraction of sp³-hybridized carbons (Fsp3) is 0.341. The van der Waals surface area contributed by atoms with Gasteiger partial charge in [-0.15, -0.1) is 0 Å². The predicted molar refractivity (Wildman–Crippen MR) is 192 cm³/mol. The van der Waals surface area contributed by atoms with E-state index in [1.165, 1.54) is 11.1 Å². The van der Waals surface area contributed by atoms with Gasteiger partial charge in [0.2, 0.25) is 11.8 Å². The standard InChI is InChI=1S/C41H41N5O5/c47-37(27-45-38(48)35-9-3-4-10-36(35)39(45)49)46(26-28-6-5-17-42-25-28)41(16-15-31-22-29-7-1-2-8-30(29)23-32(31)24-41)40(50)43-33-11-13-34(14-12-33)44-18-20-51-21-19-44/h1-14,17,25,31-32H,15-16,18-24,26-27H2,(H,43,50)/t31-,32-,41+/m0/s1. The first kappa shape index (κ1) is 32.8. The topological polar surface area (TPSA) is 112 Å². The number of imide groups is 1. The number of nitrogens with one attached hydrogen (secondary N) is 1. The number of pyridine rings is 1. The van der Waals surface area contributed by atoms with Gasteiger partial charge in [0.1, 0.15) is 12.1 Å². The Morgan fingerprint density at radius 3 is 2.18 bits per heavy atom. The largest absolute Gasteiger partial charge is 0.378 e. The van der Waals surface area contributed by atoms with E-state index in [0.717, 1.165) is 48.5 Å². The number of anilines is 2. The fourth-order valence-corrected chi connectivity index (χ4v) is 8.54. The van der Waals surface area contributed by atoms with Crippen molar-refractivity contribution in [3.05, 3.63) is 125 Å². The van der Waals surface area contributed by atoms with E-state index in [2.05, 4.69) is 39.5 Å². The summed E-state index contributed by atoms with van der Waals surface area (Å²) < 4.78 is 5.51. The van der Waals surface area contributed by atoms with Crippen molar-refractivity contribution in [3.63, 3.8) is 0 Å². The van der Waals surface area contributed by atoms with Crippen molar-refractivity contribution in [2.24, 2.45) is 11.8 Å². The predicted octanol–water partition coefficient (Wildman–Crippen LogP) is 5.14. The number of benzene rings is 3. The monoisotopic (exact) mass is 683 g/mol. The highest BCUT2D eigenvalue weighted by atomic mass is 16.5. The normalized spacial score (nSPS) is 22.5. The summed E-state index contributed by atoms with van der Waals surface area (Å²) in [5, 5.41) is 3.20. The van der Waals surface area contributed by atoms with Crippen molar-refractivity contribution in [1.82, 2.24) is 14.8 Å². The fourth-order valence-electron chi connectivity index (χ4n) is 8.54. The number of rotatable bonds is 8. The summed E-state index contributed by atoms with van der Waals surface area (Å²) in [6, 6.07) is 26.6. The second kappa shape index (κ2) is 13.8. The molecule has 2 aliphatic heterocycles. The van der Waals surface area contributed by atoms with Gasteiger partial charge in [-0.3, -0.25) is 29.1 Å². The lowest BCUT2D eigenvalue weighted by Gasteiger charge is -2.51. The number of ether oxygens (including phenoxy) is 1. The third-order valence-corrected chi connectivity index (χ3v) is 11.3. The van der Waals surface area contributed by atoms with E-state index in [-0.39, 0.29) is 29.5 Å². The van der Waals surface area contributed by atoms with Crippen LogP contribution < -0.4 is 10.2 Å². The summed E-state index contributed by atoms with van der Waals surface area (Å²) in [6.07, 6.45) is 6.78. The Morgan fingerprint density at radius 2 is 1.51 bits per heavy atom. The van der Waals surface area contributed by atoms with Crippen LogP contribution in [0.1, 0.15) is 56.7 Å². The first-order chi connectivity index (χ1) is 24.9. The Labute approximate surface area is 297 Å². The maximum Gasteiger partial charge on any atom is 0.262 e. The second-order valence-electron chi connectivity index (χ2n) is 14.2. The van der Waals surface area contributed by atoms with Crippen LogP contribution in [-0.4, -0.2) is 76.8 Å². The SMILES string of the molecule is O=C1c2ccccc2C(=O)N1CC(=O)N(Cc1cccnc1)[C@]1(C(=O)Nc2ccc(N3CCOCC3)cc2)CC[C@H]2Cc3ccccc3C[C@H]2C1. The highest BCUT2D eigenvalue weighted by Crippen LogP contribution is 2.47. The minimum Gasteiger partial charge on any atom is -0.378 e. The van der Waals surface area contributed by atoms with Crippen LogP contribution in [0.5, 0.6) is 0 Å². The molecule has 3 heterocycles. The van der Waals surface area contributed by atoms with Crippen molar-refractivity contribution in [3.8, 4) is 0 Å². The molecule has 8 rings (SSSR count). The number of carbonyl (C=O) groups excluding carboxylic acids is 4. The molecule has 4 amide bonds. The molecule has 0 radical (unpaired) electrons. The average Bonchev–Trinajstić information content (AvgIpc) is 3.41. The molecule has 1 saturated heterocycles. The molecular weight excluding hydrogens is 642 g/mol. The lowest BCUT2D eigenvalue weighted by Crippen LogP contribution is -2.63. The van der Waals surface area contributed by atoms with Gasteiger partial charge in [-0.05, 0) is 103 Å². The van der Waals surface area contributed by atoms with Crippen LogP contribution >= 0.6 is 0 Å². The molecule has 10 heteroatoms. The van der Waals surface area contributed by atoms with Crippen LogP contribution in [0.4, 0.5) is 11.4 Å². The third kappa shape index (κ3) is 6.29. The number of hydrogen-bond donors (Lipinski definition) is 1. The molecule has 260 valence electrons. The molecule has 4 aliphatic rings. The molecule has 2 aliphatic carbocycles. The van der Waals surface area contributed by atoms with Gasteiger partial charge in [-0.2, -0.15) is 0 Å². The summed E-state index contributed by atoms with van der Waals surface area (Å²) in [4.78, 5) is 65.8. The molecule has 3 atom stereocenters. The zero-order valence-corrected chi connectivity index (χ0v) is 28.5. The zero-order chi connectivity index (χ0) is 35.0. The molecule has 3 aromatic carbocycles. The number of hydrogen-bond acceptors (Lipinski definition) is 7. The number of aromatic nitrogens is 1. The van der Waals surface area contributed by atoms with Crippen molar-refractivity contribution < 1.29 is 23.9 Å². The van der Waals surface area contributed by atoms with E-state index in [4.69, 9.17) is 4.74 Å². The first-order valence-corrected chi connectivity index (χ1v) is 17.9. The maximum atomic E-state index is 15.0. The van der Waals surface area contributed by atoms with E-state index in [1.807, 2.05) is 30.3 Å². The molecule has 4 aromatic rings. The maximum absolute atomic E-state index is 15.0. The number of fused-ring (bicyclic) bond motifs is 3. The zero-order valence-electron chi connectivity index (χ0n) is 28.5. The van der Waals surface area contributed by atoms with Gasteiger partial charge in [-0.1, -0.05) is 42.5 Å². The van der Waals surface area contributed by atoms with Gasteiger partial charge in [0.15, 0.2) is 0 Å². The quantitative estimate of drug-likeness (QED) is 0.256. The summed E-state index contributed by atoms with van der Waals surface area (Å²) >= 11 is 0. The Kier molecular flexibility index (Phi) is 8.85. The highest BCUT2D eigenvalue weighted by Gasteiger charge is 2.53. The van der Waals surface area contributed by atoms with Crippen LogP contribution in [0, 0.1) is 11.8 Å². The average molecular weight is 684 g/mol. The number of nitrogens with zero attached hydrogens (tertiary/aromatic N) is 4. The van der Waals surface area contributed by atoms with E-state index in [9.17, 15) is 19.2 Å². The van der Waals surface area contributed by atoms with E-state index >= 15 is 0 Å². The van der Waals surface area contributed by atoms with Crippen molar-refractivity contribution in [1.29, 1.82) is 0 Å². The van der Waals surface area contributed by atoms with Gasteiger partial charge in [0.25, 0.3) is 11.8 Å². The molecule has 1 saturated carbocycles. The van der Waals surface area contributed by atoms with Crippen LogP contribution in [0.15, 0.2) is 97.3 Å². The minimum absolute atomic E-state index is 0.104. The van der Waals surface area contributed by atoms with Crippen molar-refractivity contribution >= 4 is 35.0 Å². The summed E-state index contributed by atoms with van der Waals surface area (Å²) in [6.45, 7) is 2.60. The summed E-state index contributed by atoms with van der Waals surface area (Å²) in [7, 11) is 0. The highest BCUT2D eigenvalue weighted by molar-refractivity contribution is 6.22. The number of amides is 4. The van der Waals surface area contributed by atoms with E-state index < -0.39 is 29.8 Å². The molecule has 0 bridgehead atoms. The van der Waals surface area contributed by atoms with Gasteiger partial charge >= 0.3 is 0 Å². The van der Waals surface area contributed by atoms with Gasteiger partial charge < -0.3 is 19.9 Å². The Morgan fingerprint density at radius 1 is 0.843 bits per heavy atom. The Balaban J connectivity index is 1.14. The molecule has 0 unspecified atom stereocenters. The van der Waals surface area contributed by atoms with Crippen LogP contribution in [0.2, 0.25) is 0 Å². The van der Waals surface area contributed by atoms with Gasteiger partial charge in [0.05, 0.1) is 24.3 Å². The van der Waals surface area contributed by atoms with E-state index in [1.54, 1.807) is 47.6 Å². The molecule has 0 spiro atoms. The molecule has 1 N–H and O–H groups in total. The van der Waals surface area contributed by atoms with Crippen LogP contribution in [-0.2, 0) is 33.7 Å². The number of carbonyl (C=O) groups is 4. The summed E-state index contributed by atoms with van der Waals surface area (Å²) in [5.41, 5.74) is 4.40. The van der Waals surface area contributed by atoms with Crippen LogP contribution in [0.3, 0.4) is 0 Å². The molecule has 51 heavy (non-hydrogen) atoms. The minimum atomic E-state index is -1.25. The van der Waals surface area contributed by atoms with E-state index in [0.29, 0.717) is 37.7 Å². The number of morpholine rings is 1. The molecular formula is C41H41N5O5. The summed E-state index contributed by atoms with van der Waals surface area (Å²) in [5.74, 6) is -1.19. The van der Waals surface area contributed by atoms with Crippen molar-refractivity contribution in [2.45, 2.75) is 44.2 Å². The first-order valence-electron chi connectivity index (χ1n) is 17.9. The van der Waals surface area contributed by atoms with Gasteiger partial charge in [0, 0.05) is 43.4 Å². The van der Waals surface area contributed by atoms with Crippen LogP contribution in [0.25, 0.3) is 0 Å². The lowest BCUT2D eigenvalue weighted by molar-refractivity contribution is -0.151. The Hall–Kier alpha value is -5.35. The molecule has 1 aromatic heterocycles. The third-order valence-electron chi connectivity index (χ3n) is 11.3. The Bertz CT molecular complexity index is 1930.